The Morgan fingerprint density at radius 3 is 2.52 bits per heavy atom. The van der Waals surface area contributed by atoms with E-state index in [2.05, 4.69) is 5.32 Å². The number of hydrogen-bond acceptors (Lipinski definition) is 4. The van der Waals surface area contributed by atoms with Gasteiger partial charge in [-0.3, -0.25) is 9.59 Å². The number of carbonyl (C=O) groups is 2. The highest BCUT2D eigenvalue weighted by Crippen LogP contribution is 2.38. The molecule has 1 heterocycles. The summed E-state index contributed by atoms with van der Waals surface area (Å²) in [6.45, 7) is 5.04. The second kappa shape index (κ2) is 9.07. The van der Waals surface area contributed by atoms with Crippen LogP contribution >= 0.6 is 0 Å². The van der Waals surface area contributed by atoms with Crippen LogP contribution in [0.1, 0.15) is 32.3 Å². The zero-order valence-electron chi connectivity index (χ0n) is 16.6. The summed E-state index contributed by atoms with van der Waals surface area (Å²) in [7, 11) is 0. The zero-order chi connectivity index (χ0) is 20.8. The monoisotopic (exact) mass is 389 g/mol. The van der Waals surface area contributed by atoms with Gasteiger partial charge in [0.15, 0.2) is 0 Å². The quantitative estimate of drug-likeness (QED) is 0.570. The van der Waals surface area contributed by atoms with Crippen LogP contribution in [0.25, 0.3) is 5.57 Å². The Morgan fingerprint density at radius 1 is 1.14 bits per heavy atom. The van der Waals surface area contributed by atoms with Crippen LogP contribution in [0.3, 0.4) is 0 Å². The van der Waals surface area contributed by atoms with Gasteiger partial charge in [-0.25, -0.2) is 0 Å². The van der Waals surface area contributed by atoms with Gasteiger partial charge < -0.3 is 15.0 Å². The molecule has 1 aliphatic rings. The van der Waals surface area contributed by atoms with Crippen LogP contribution in [-0.2, 0) is 9.59 Å². The molecule has 29 heavy (non-hydrogen) atoms. The van der Waals surface area contributed by atoms with Crippen molar-refractivity contribution < 1.29 is 14.3 Å². The number of rotatable bonds is 7. The van der Waals surface area contributed by atoms with Crippen molar-refractivity contribution in [3.05, 3.63) is 59.7 Å². The third kappa shape index (κ3) is 4.14. The Balaban J connectivity index is 1.93. The summed E-state index contributed by atoms with van der Waals surface area (Å²) in [5.41, 5.74) is 1.85. The summed E-state index contributed by atoms with van der Waals surface area (Å²) < 4.78 is 5.39. The van der Waals surface area contributed by atoms with Crippen molar-refractivity contribution >= 4 is 28.8 Å². The summed E-state index contributed by atoms with van der Waals surface area (Å²) in [6, 6.07) is 16.1. The van der Waals surface area contributed by atoms with Crippen molar-refractivity contribution in [1.82, 2.24) is 0 Å². The van der Waals surface area contributed by atoms with E-state index in [0.717, 1.165) is 18.5 Å². The van der Waals surface area contributed by atoms with Crippen molar-refractivity contribution in [2.75, 3.05) is 23.4 Å². The number of para-hydroxylation sites is 1. The molecule has 6 heteroatoms. The first-order valence-corrected chi connectivity index (χ1v) is 9.70. The third-order valence-electron chi connectivity index (χ3n) is 4.67. The first kappa shape index (κ1) is 20.2. The largest absolute Gasteiger partial charge is 0.494 e. The molecule has 148 valence electrons. The van der Waals surface area contributed by atoms with Crippen molar-refractivity contribution in [3.8, 4) is 11.8 Å². The average molecular weight is 389 g/mol. The van der Waals surface area contributed by atoms with Crippen molar-refractivity contribution in [3.63, 3.8) is 0 Å². The van der Waals surface area contributed by atoms with Crippen LogP contribution < -0.4 is 15.0 Å². The molecule has 0 radical (unpaired) electrons. The van der Waals surface area contributed by atoms with E-state index in [-0.39, 0.29) is 17.1 Å². The van der Waals surface area contributed by atoms with Gasteiger partial charge in [0.25, 0.3) is 11.8 Å². The van der Waals surface area contributed by atoms with Gasteiger partial charge in [0.2, 0.25) is 0 Å². The molecule has 2 aromatic rings. The molecule has 0 bridgehead atoms. The number of hydrogen-bond donors (Lipinski definition) is 1. The fourth-order valence-corrected chi connectivity index (χ4v) is 3.27. The van der Waals surface area contributed by atoms with Gasteiger partial charge in [0.05, 0.1) is 17.9 Å². The molecule has 1 aliphatic heterocycles. The van der Waals surface area contributed by atoms with Gasteiger partial charge in [0.1, 0.15) is 17.4 Å². The third-order valence-corrected chi connectivity index (χ3v) is 4.67. The van der Waals surface area contributed by atoms with Gasteiger partial charge >= 0.3 is 0 Å². The molecule has 0 saturated heterocycles. The van der Waals surface area contributed by atoms with Gasteiger partial charge in [-0.05, 0) is 43.7 Å². The minimum Gasteiger partial charge on any atom is -0.494 e. The molecule has 1 N–H and O–H groups in total. The van der Waals surface area contributed by atoms with Crippen LogP contribution in [0.15, 0.2) is 54.1 Å². The van der Waals surface area contributed by atoms with E-state index in [4.69, 9.17) is 4.74 Å². The summed E-state index contributed by atoms with van der Waals surface area (Å²) in [5.74, 6) is -0.221. The predicted molar refractivity (Wildman–Crippen MR) is 112 cm³/mol. The van der Waals surface area contributed by atoms with Gasteiger partial charge in [-0.1, -0.05) is 31.5 Å². The number of unbranched alkanes of at least 4 members (excludes halogenated alkanes) is 1. The first-order valence-electron chi connectivity index (χ1n) is 9.70. The normalized spacial score (nSPS) is 14.2. The van der Waals surface area contributed by atoms with Crippen LogP contribution in [0, 0.1) is 11.3 Å². The number of nitrogens with one attached hydrogen (secondary N) is 1. The number of anilines is 2. The highest BCUT2D eigenvalue weighted by atomic mass is 16.5. The van der Waals surface area contributed by atoms with E-state index in [0.29, 0.717) is 30.2 Å². The highest BCUT2D eigenvalue weighted by Gasteiger charge is 2.35. The summed E-state index contributed by atoms with van der Waals surface area (Å²) in [6.07, 6.45) is 1.78. The topological polar surface area (TPSA) is 82.4 Å². The molecule has 2 aromatic carbocycles. The Labute approximate surface area is 170 Å². The Bertz CT molecular complexity index is 987. The Morgan fingerprint density at radius 2 is 1.86 bits per heavy atom. The molecule has 6 nitrogen and oxygen atoms in total. The maximum atomic E-state index is 13.1. The molecule has 0 unspecified atom stereocenters. The van der Waals surface area contributed by atoms with Crippen LogP contribution in [0.5, 0.6) is 5.75 Å². The lowest BCUT2D eigenvalue weighted by atomic mass is 10.0. The lowest BCUT2D eigenvalue weighted by Crippen LogP contribution is -2.28. The maximum absolute atomic E-state index is 13.1. The van der Waals surface area contributed by atoms with E-state index in [9.17, 15) is 14.9 Å². The smallest absolute Gasteiger partial charge is 0.267 e. The first-order chi connectivity index (χ1) is 14.1. The van der Waals surface area contributed by atoms with Crippen LogP contribution in [0.2, 0.25) is 0 Å². The van der Waals surface area contributed by atoms with E-state index in [1.165, 1.54) is 0 Å². The van der Waals surface area contributed by atoms with Crippen molar-refractivity contribution in [2.45, 2.75) is 26.7 Å². The maximum Gasteiger partial charge on any atom is 0.267 e. The van der Waals surface area contributed by atoms with Gasteiger partial charge in [-0.15, -0.1) is 0 Å². The van der Waals surface area contributed by atoms with E-state index in [1.807, 2.05) is 32.0 Å². The molecule has 0 fully saturated rings. The number of carbonyl (C=O) groups excluding carboxylic acids is 2. The minimum absolute atomic E-state index is 0.155. The molecule has 0 atom stereocenters. The van der Waals surface area contributed by atoms with Gasteiger partial charge in [0, 0.05) is 17.8 Å². The molecule has 0 saturated carbocycles. The summed E-state index contributed by atoms with van der Waals surface area (Å²) >= 11 is 0. The Kier molecular flexibility index (Phi) is 6.30. The second-order valence-corrected chi connectivity index (χ2v) is 6.60. The van der Waals surface area contributed by atoms with E-state index >= 15 is 0 Å². The predicted octanol–water partition coefficient (Wildman–Crippen LogP) is 4.15. The average Bonchev–Trinajstić information content (AvgIpc) is 3.00. The number of fused-ring (bicyclic) bond motifs is 1. The fraction of sp³-hybridized carbons (Fsp3) is 0.261. The lowest BCUT2D eigenvalue weighted by molar-refractivity contribution is -0.114. The zero-order valence-corrected chi connectivity index (χ0v) is 16.6. The molecule has 0 aromatic heterocycles. The van der Waals surface area contributed by atoms with Crippen molar-refractivity contribution in [1.29, 1.82) is 5.26 Å². The number of nitrogens with zero attached hydrogens (tertiary/aromatic N) is 2. The second-order valence-electron chi connectivity index (χ2n) is 6.60. The standard InChI is InChI=1S/C23H23N3O3/c1-3-5-14-26-20-9-7-6-8-18(20)21(23(26)28)19(15-24)22(27)25-16-10-12-17(13-11-16)29-4-2/h6-13H,3-5,14H2,1-2H3,(H,25,27). The molecular formula is C23H23N3O3. The van der Waals surface area contributed by atoms with Crippen LogP contribution in [0.4, 0.5) is 11.4 Å². The lowest BCUT2D eigenvalue weighted by Gasteiger charge is -2.16. The molecule has 3 rings (SSSR count). The fourth-order valence-electron chi connectivity index (χ4n) is 3.27. The van der Waals surface area contributed by atoms with E-state index in [1.54, 1.807) is 41.3 Å². The van der Waals surface area contributed by atoms with Gasteiger partial charge in [-0.2, -0.15) is 5.26 Å². The summed E-state index contributed by atoms with van der Waals surface area (Å²) in [4.78, 5) is 27.5. The number of benzene rings is 2. The molecule has 2 amide bonds. The number of nitriles is 1. The molecule has 0 aliphatic carbocycles. The minimum atomic E-state index is -0.604. The van der Waals surface area contributed by atoms with Crippen LogP contribution in [-0.4, -0.2) is 25.0 Å². The Hall–Kier alpha value is -3.59. The highest BCUT2D eigenvalue weighted by molar-refractivity contribution is 6.37. The molecule has 0 spiro atoms. The number of amides is 2. The van der Waals surface area contributed by atoms with E-state index < -0.39 is 5.91 Å². The number of ether oxygens (including phenoxy) is 1. The SMILES string of the molecule is CCCCN1C(=O)C(=C(C#N)C(=O)Nc2ccc(OCC)cc2)c2ccccc21. The molecular weight excluding hydrogens is 366 g/mol. The summed E-state index contributed by atoms with van der Waals surface area (Å²) in [5, 5.41) is 12.4. The van der Waals surface area contributed by atoms with Crippen molar-refractivity contribution in [2.24, 2.45) is 0 Å².